The van der Waals surface area contributed by atoms with Crippen molar-refractivity contribution >= 4 is 54.0 Å². The minimum absolute atomic E-state index is 0.0528. The van der Waals surface area contributed by atoms with E-state index < -0.39 is 50.2 Å². The first-order valence-corrected chi connectivity index (χ1v) is 40.4. The zero-order valence-electron chi connectivity index (χ0n) is 61.2. The molecule has 2 aromatic heterocycles. The number of hydrogen-bond acceptors (Lipinski definition) is 18. The minimum atomic E-state index is -4.57. The summed E-state index contributed by atoms with van der Waals surface area (Å²) in [6.07, 6.45) is 39.5. The van der Waals surface area contributed by atoms with Gasteiger partial charge in [-0.25, -0.2) is 14.1 Å². The third kappa shape index (κ3) is 30.5. The van der Waals surface area contributed by atoms with Gasteiger partial charge in [-0.05, 0) is 86.3 Å². The number of aromatic nitrogens is 3. The molecule has 2 aliphatic rings. The zero-order chi connectivity index (χ0) is 73.1. The largest absolute Gasteiger partial charge is 0.530 e. The third-order valence-electron chi connectivity index (χ3n) is 18.5. The van der Waals surface area contributed by atoms with Crippen LogP contribution in [0.15, 0.2) is 79.1 Å². The van der Waals surface area contributed by atoms with Gasteiger partial charge in [0.05, 0.1) is 78.1 Å². The first kappa shape index (κ1) is 86.0. The molecule has 23 heteroatoms. The molecule has 2 saturated heterocycles. The van der Waals surface area contributed by atoms with Crippen LogP contribution in [0.3, 0.4) is 0 Å². The Morgan fingerprint density at radius 1 is 0.588 bits per heavy atom. The molecule has 1 unspecified atom stereocenters. The number of anilines is 1. The van der Waals surface area contributed by atoms with Crippen LogP contribution in [0.1, 0.15) is 261 Å². The summed E-state index contributed by atoms with van der Waals surface area (Å²) in [6.45, 7) is 9.34. The molecule has 2 fully saturated rings. The maximum absolute atomic E-state index is 14.8. The summed E-state index contributed by atoms with van der Waals surface area (Å²) in [6, 6.07) is 26.5. The molecule has 0 aliphatic carbocycles. The van der Waals surface area contributed by atoms with E-state index in [0.29, 0.717) is 64.4 Å². The molecule has 7 rings (SSSR count). The summed E-state index contributed by atoms with van der Waals surface area (Å²) in [5.74, 6) is -0.858. The Kier molecular flexibility index (Phi) is 41.3. The molecule has 2 aliphatic heterocycles. The fourth-order valence-corrected chi connectivity index (χ4v) is 14.6. The fourth-order valence-electron chi connectivity index (χ4n) is 12.7. The fraction of sp³-hybridized carbons (Fsp3) is 0.658. The standard InChI is InChI=1S/C50H67Cl2N6O9P.C29H48ClNO3/c1-4-5-6-7-8-9-10-11-12-13-14-15-16-17-18-21-28-60-32-39(61-31-37-24-25-38(30-53)41(52)29-37)33-62-68(59,67-43-23-20-19-22-40(43)51)63-34-44-46-47(66-49(2,3)65-46)50(35-54,64-44)45-27-26-42-48(55)56-36-57-58(42)45;1-2-3-4-5-6-7-8-9-10-11-12-13-14-15-16-17-20-33-25-28(23-32)34-24-26-18-19-27(22-31)29(30)21-26/h19-20,22-27,29,36,39,44,46-47H,4-18,21,28,31-34H2,1-3H3,(H2,55,56,57);18-19,21,28,32H,2-17,20,23-25H2,1H3/t39-,44-,46-,47-,50+,68?;28-/m10/s1. The summed E-state index contributed by atoms with van der Waals surface area (Å²) in [4.78, 5) is 4.06. The van der Waals surface area contributed by atoms with Gasteiger partial charge in [-0.3, -0.25) is 9.05 Å². The lowest BCUT2D eigenvalue weighted by Crippen LogP contribution is -2.40. The molecule has 0 spiro atoms. The number of hydrogen-bond donors (Lipinski definition) is 2. The summed E-state index contributed by atoms with van der Waals surface area (Å²) in [5.41, 5.74) is 7.55. The number of nitrogens with two attached hydrogens (primary N) is 1. The number of nitrogen functional groups attached to an aromatic ring is 1. The highest BCUT2D eigenvalue weighted by atomic mass is 35.5. The number of nitrogens with zero attached hydrogens (tertiary/aromatic N) is 6. The molecule has 564 valence electrons. The van der Waals surface area contributed by atoms with Crippen LogP contribution in [0.25, 0.3) is 5.52 Å². The van der Waals surface area contributed by atoms with Gasteiger partial charge in [-0.2, -0.15) is 20.9 Å². The van der Waals surface area contributed by atoms with Gasteiger partial charge in [0.2, 0.25) is 5.60 Å². The molecule has 102 heavy (non-hydrogen) atoms. The highest BCUT2D eigenvalue weighted by molar-refractivity contribution is 7.49. The van der Waals surface area contributed by atoms with Crippen molar-refractivity contribution < 1.29 is 56.4 Å². The van der Waals surface area contributed by atoms with Gasteiger partial charge >= 0.3 is 7.82 Å². The predicted molar refractivity (Wildman–Crippen MR) is 402 cm³/mol. The number of halogens is 3. The third-order valence-corrected chi connectivity index (χ3v) is 20.8. The summed E-state index contributed by atoms with van der Waals surface area (Å²) in [7, 11) is -4.57. The van der Waals surface area contributed by atoms with Crippen LogP contribution in [0, 0.1) is 34.0 Å². The molecule has 3 aromatic carbocycles. The van der Waals surface area contributed by atoms with Gasteiger partial charge in [-0.1, -0.05) is 266 Å². The molecular formula is C79H115Cl3N7O12P. The number of aliphatic hydroxyl groups is 1. The van der Waals surface area contributed by atoms with E-state index in [9.17, 15) is 20.2 Å². The maximum Gasteiger partial charge on any atom is 0.530 e. The Morgan fingerprint density at radius 3 is 1.52 bits per heavy atom. The molecule has 3 N–H and O–H groups in total. The van der Waals surface area contributed by atoms with Gasteiger partial charge in [0.15, 0.2) is 11.6 Å². The number of unbranched alkanes of at least 4 members (excludes halogenated alkanes) is 30. The number of ether oxygens (including phenoxy) is 7. The second-order valence-electron chi connectivity index (χ2n) is 27.4. The van der Waals surface area contributed by atoms with E-state index in [1.165, 1.54) is 197 Å². The molecule has 0 bridgehead atoms. The Balaban J connectivity index is 0.000000405. The number of phosphoric ester groups is 1. The lowest BCUT2D eigenvalue weighted by molar-refractivity contribution is -0.204. The molecule has 0 radical (unpaired) electrons. The normalized spacial score (nSPS) is 18.0. The SMILES string of the molecule is CCCCCCCCCCCCCCCCCCOC[C@H](CO)OCc1ccc(C#N)c(Cl)c1.CCCCCCCCCCCCCCCCCCOC[C@H](COP(=O)(OC[C@H]1O[C@@](C#N)(c2ccc3c(N)ncnn23)[C@@H]2OC(C)(C)O[C@@H]21)Oc1ccccc1Cl)OCc1ccc(C#N)c(Cl)c1. The number of rotatable bonds is 54. The van der Waals surface area contributed by atoms with Crippen molar-refractivity contribution in [3.63, 3.8) is 0 Å². The molecule has 0 saturated carbocycles. The Labute approximate surface area is 623 Å². The Hall–Kier alpha value is -4.95. The van der Waals surface area contributed by atoms with Crippen LogP contribution in [0.2, 0.25) is 15.1 Å². The number of benzene rings is 3. The summed E-state index contributed by atoms with van der Waals surface area (Å²) >= 11 is 18.9. The van der Waals surface area contributed by atoms with E-state index in [1.807, 2.05) is 12.1 Å². The lowest BCUT2D eigenvalue weighted by atomic mass is 9.92. The van der Waals surface area contributed by atoms with Crippen LogP contribution in [0.5, 0.6) is 5.75 Å². The molecular weight excluding hydrogens is 1380 g/mol. The van der Waals surface area contributed by atoms with Crippen LogP contribution >= 0.6 is 42.6 Å². The van der Waals surface area contributed by atoms with Crippen molar-refractivity contribution in [1.29, 1.82) is 15.8 Å². The van der Waals surface area contributed by atoms with E-state index in [1.54, 1.807) is 74.5 Å². The van der Waals surface area contributed by atoms with Gasteiger partial charge in [-0.15, -0.1) is 0 Å². The molecule has 0 amide bonds. The van der Waals surface area contributed by atoms with Gasteiger partial charge in [0, 0.05) is 13.2 Å². The van der Waals surface area contributed by atoms with Crippen LogP contribution in [-0.2, 0) is 65.6 Å². The quantitative estimate of drug-likeness (QED) is 0.0271. The van der Waals surface area contributed by atoms with Crippen molar-refractivity contribution in [2.75, 3.05) is 52.0 Å². The minimum Gasteiger partial charge on any atom is -0.402 e. The second-order valence-corrected chi connectivity index (χ2v) is 30.2. The molecule has 19 nitrogen and oxygen atoms in total. The average Bonchev–Trinajstić information content (AvgIpc) is 1.55. The van der Waals surface area contributed by atoms with Crippen molar-refractivity contribution in [1.82, 2.24) is 14.6 Å². The van der Waals surface area contributed by atoms with Gasteiger partial charge in [0.25, 0.3) is 0 Å². The van der Waals surface area contributed by atoms with Crippen molar-refractivity contribution in [2.45, 2.75) is 288 Å². The first-order valence-electron chi connectivity index (χ1n) is 37.8. The zero-order valence-corrected chi connectivity index (χ0v) is 64.3. The van der Waals surface area contributed by atoms with E-state index in [2.05, 4.69) is 36.1 Å². The summed E-state index contributed by atoms with van der Waals surface area (Å²) < 4.78 is 77.4. The van der Waals surface area contributed by atoms with E-state index in [-0.39, 0.29) is 49.1 Å². The molecule has 4 heterocycles. The van der Waals surface area contributed by atoms with Crippen molar-refractivity contribution in [2.24, 2.45) is 0 Å². The van der Waals surface area contributed by atoms with E-state index in [4.69, 9.17) is 92.5 Å². The highest BCUT2D eigenvalue weighted by Crippen LogP contribution is 2.54. The van der Waals surface area contributed by atoms with Crippen LogP contribution in [0.4, 0.5) is 5.82 Å². The van der Waals surface area contributed by atoms with Crippen molar-refractivity contribution in [3.05, 3.63) is 122 Å². The number of nitriles is 3. The summed E-state index contributed by atoms with van der Waals surface area (Å²) in [5, 5.41) is 43.9. The number of para-hydroxylation sites is 1. The van der Waals surface area contributed by atoms with Crippen molar-refractivity contribution in [3.8, 4) is 24.0 Å². The number of aliphatic hydroxyl groups excluding tert-OH is 1. The number of phosphoric acid groups is 1. The van der Waals surface area contributed by atoms with Crippen LogP contribution < -0.4 is 10.3 Å². The average molecular weight is 1490 g/mol. The van der Waals surface area contributed by atoms with Crippen LogP contribution in [-0.4, -0.2) is 102 Å². The highest BCUT2D eigenvalue weighted by Gasteiger charge is 2.65. The maximum atomic E-state index is 14.8. The Bertz CT molecular complexity index is 3350. The lowest BCUT2D eigenvalue weighted by Gasteiger charge is -2.29. The van der Waals surface area contributed by atoms with Gasteiger partial charge in [0.1, 0.15) is 66.3 Å². The first-order chi connectivity index (χ1) is 49.6. The molecule has 7 atom stereocenters. The topological polar surface area (TPSA) is 257 Å². The van der Waals surface area contributed by atoms with E-state index in [0.717, 1.165) is 31.2 Å². The monoisotopic (exact) mass is 1490 g/mol. The second kappa shape index (κ2) is 49.0. The van der Waals surface area contributed by atoms with E-state index >= 15 is 0 Å². The Morgan fingerprint density at radius 2 is 1.06 bits per heavy atom. The smallest absolute Gasteiger partial charge is 0.402 e. The number of fused-ring (bicyclic) bond motifs is 2. The molecule has 5 aromatic rings. The van der Waals surface area contributed by atoms with Gasteiger partial charge < -0.3 is 48.5 Å². The predicted octanol–water partition coefficient (Wildman–Crippen LogP) is 20.6.